The number of rotatable bonds is 3. The van der Waals surface area contributed by atoms with E-state index < -0.39 is 33.6 Å². The van der Waals surface area contributed by atoms with Gasteiger partial charge in [0.15, 0.2) is 10.8 Å². The van der Waals surface area contributed by atoms with Crippen LogP contribution >= 0.6 is 22.9 Å². The molecule has 2 rings (SSSR count). The van der Waals surface area contributed by atoms with E-state index >= 15 is 0 Å². The summed E-state index contributed by atoms with van der Waals surface area (Å²) in [5, 5.41) is 5.45. The summed E-state index contributed by atoms with van der Waals surface area (Å²) in [5.74, 6) is -0.969. The molecular weight excluding hydrogens is 348 g/mol. The number of carbonyl (C=O) groups is 1. The van der Waals surface area contributed by atoms with Crippen molar-refractivity contribution in [2.45, 2.75) is 6.18 Å². The van der Waals surface area contributed by atoms with Crippen molar-refractivity contribution in [1.82, 2.24) is 15.2 Å². The van der Waals surface area contributed by atoms with Crippen LogP contribution in [-0.4, -0.2) is 21.9 Å². The van der Waals surface area contributed by atoms with Crippen molar-refractivity contribution in [3.63, 3.8) is 0 Å². The monoisotopic (exact) mass is 354 g/mol. The molecule has 0 aliphatic rings. The van der Waals surface area contributed by atoms with E-state index in [2.05, 4.69) is 10.2 Å². The molecule has 0 saturated heterocycles. The Bertz CT molecular complexity index is 737. The molecule has 0 aliphatic carbocycles. The number of hydrazone groups is 1. The second-order valence-electron chi connectivity index (χ2n) is 3.97. The summed E-state index contributed by atoms with van der Waals surface area (Å²) in [7, 11) is 1.15. The Morgan fingerprint density at radius 2 is 2.18 bits per heavy atom. The number of alkyl halides is 3. The number of hydrogen-bond donors (Lipinski definition) is 1. The van der Waals surface area contributed by atoms with E-state index in [9.17, 15) is 22.4 Å². The number of carbonyl (C=O) groups excluding carboxylic acids is 1. The van der Waals surface area contributed by atoms with Crippen LogP contribution in [0.4, 0.5) is 17.6 Å². The minimum atomic E-state index is -4.77. The Labute approximate surface area is 130 Å². The molecule has 118 valence electrons. The van der Waals surface area contributed by atoms with Crippen molar-refractivity contribution in [1.29, 1.82) is 0 Å². The minimum Gasteiger partial charge on any atom is -0.266 e. The highest BCUT2D eigenvalue weighted by molar-refractivity contribution is 7.12. The largest absolute Gasteiger partial charge is 0.436 e. The van der Waals surface area contributed by atoms with Crippen LogP contribution in [0.25, 0.3) is 0 Å². The van der Waals surface area contributed by atoms with Gasteiger partial charge in [-0.3, -0.25) is 9.48 Å². The molecule has 0 bridgehead atoms. The predicted molar refractivity (Wildman–Crippen MR) is 72.6 cm³/mol. The lowest BCUT2D eigenvalue weighted by atomic mass is 10.3. The van der Waals surface area contributed by atoms with Gasteiger partial charge in [0.2, 0.25) is 0 Å². The summed E-state index contributed by atoms with van der Waals surface area (Å²) in [6.45, 7) is 0. The summed E-state index contributed by atoms with van der Waals surface area (Å²) in [6, 6.07) is 2.63. The van der Waals surface area contributed by atoms with Gasteiger partial charge in [-0.1, -0.05) is 11.6 Å². The van der Waals surface area contributed by atoms with E-state index in [-0.39, 0.29) is 0 Å². The summed E-state index contributed by atoms with van der Waals surface area (Å²) in [5.41, 5.74) is 0.167. The van der Waals surface area contributed by atoms with E-state index in [1.807, 2.05) is 5.43 Å². The molecule has 1 amide bonds. The first-order valence-corrected chi connectivity index (χ1v) is 6.78. The summed E-state index contributed by atoms with van der Waals surface area (Å²) in [6.07, 6.45) is -3.62. The van der Waals surface area contributed by atoms with Crippen LogP contribution in [0.15, 0.2) is 17.2 Å². The Balaban J connectivity index is 2.16. The molecule has 0 fully saturated rings. The second-order valence-corrected chi connectivity index (χ2v) is 5.42. The van der Waals surface area contributed by atoms with Gasteiger partial charge in [0.05, 0.1) is 11.1 Å². The van der Waals surface area contributed by atoms with E-state index in [1.54, 1.807) is 0 Å². The fraction of sp³-hybridized carbons (Fsp3) is 0.182. The molecule has 0 aliphatic heterocycles. The maximum Gasteiger partial charge on any atom is 0.436 e. The van der Waals surface area contributed by atoms with E-state index in [1.165, 1.54) is 12.1 Å². The Hall–Kier alpha value is -1.94. The van der Waals surface area contributed by atoms with Crippen molar-refractivity contribution in [3.8, 4) is 0 Å². The smallest absolute Gasteiger partial charge is 0.266 e. The van der Waals surface area contributed by atoms with Crippen molar-refractivity contribution in [2.24, 2.45) is 12.1 Å². The molecule has 0 unspecified atom stereocenters. The molecule has 0 aromatic carbocycles. The number of aromatic nitrogens is 2. The highest BCUT2D eigenvalue weighted by Crippen LogP contribution is 2.35. The number of nitrogens with one attached hydrogen (secondary N) is 1. The number of halogens is 5. The molecule has 5 nitrogen and oxygen atoms in total. The van der Waals surface area contributed by atoms with E-state index in [4.69, 9.17) is 11.6 Å². The number of hydrogen-bond acceptors (Lipinski definition) is 4. The van der Waals surface area contributed by atoms with E-state index in [0.717, 1.165) is 24.6 Å². The maximum absolute atomic E-state index is 12.7. The zero-order valence-corrected chi connectivity index (χ0v) is 12.4. The molecule has 11 heteroatoms. The van der Waals surface area contributed by atoms with Crippen molar-refractivity contribution in [3.05, 3.63) is 38.6 Å². The topological polar surface area (TPSA) is 59.3 Å². The van der Waals surface area contributed by atoms with Gasteiger partial charge in [0.25, 0.3) is 5.91 Å². The molecule has 2 aromatic heterocycles. The second kappa shape index (κ2) is 6.05. The molecule has 0 atom stereocenters. The zero-order chi connectivity index (χ0) is 16.5. The summed E-state index contributed by atoms with van der Waals surface area (Å²) in [4.78, 5) is 12.2. The molecule has 0 saturated carbocycles. The van der Waals surface area contributed by atoms with Gasteiger partial charge in [-0.2, -0.15) is 27.8 Å². The molecule has 0 spiro atoms. The minimum absolute atomic E-state index is 0.421. The first-order chi connectivity index (χ1) is 10.2. The zero-order valence-electron chi connectivity index (χ0n) is 10.8. The Morgan fingerprint density at radius 3 is 2.68 bits per heavy atom. The van der Waals surface area contributed by atoms with Crippen LogP contribution in [0.2, 0.25) is 5.02 Å². The molecule has 1 N–H and O–H groups in total. The van der Waals surface area contributed by atoms with Crippen LogP contribution in [0.5, 0.6) is 0 Å². The van der Waals surface area contributed by atoms with Crippen LogP contribution in [0, 0.1) is 5.13 Å². The quantitative estimate of drug-likeness (QED) is 0.523. The number of thiophene rings is 1. The molecule has 2 heterocycles. The Morgan fingerprint density at radius 1 is 1.50 bits per heavy atom. The van der Waals surface area contributed by atoms with Crippen LogP contribution in [-0.2, 0) is 13.2 Å². The first-order valence-electron chi connectivity index (χ1n) is 5.58. The van der Waals surface area contributed by atoms with Gasteiger partial charge in [0, 0.05) is 7.05 Å². The van der Waals surface area contributed by atoms with Gasteiger partial charge in [0.1, 0.15) is 10.7 Å². The van der Waals surface area contributed by atoms with Gasteiger partial charge in [-0.25, -0.2) is 5.43 Å². The average Bonchev–Trinajstić information content (AvgIpc) is 2.93. The number of aryl methyl sites for hydroxylation is 1. The molecule has 2 aromatic rings. The lowest BCUT2D eigenvalue weighted by Gasteiger charge is -2.01. The van der Waals surface area contributed by atoms with Crippen LogP contribution < -0.4 is 5.43 Å². The fourth-order valence-electron chi connectivity index (χ4n) is 1.53. The normalized spacial score (nSPS) is 12.1. The van der Waals surface area contributed by atoms with Crippen LogP contribution in [0.3, 0.4) is 0 Å². The lowest BCUT2D eigenvalue weighted by Crippen LogP contribution is -2.21. The third-order valence-corrected chi connectivity index (χ3v) is 3.59. The van der Waals surface area contributed by atoms with Gasteiger partial charge >= 0.3 is 6.18 Å². The molecule has 22 heavy (non-hydrogen) atoms. The van der Waals surface area contributed by atoms with E-state index in [0.29, 0.717) is 9.56 Å². The van der Waals surface area contributed by atoms with Crippen molar-refractivity contribution >= 4 is 35.1 Å². The standard InChI is InChI=1S/C11H7ClF4N4OS/c1-20-8(7(12)9(19-20)11(14,15)16)10(21)18-17-4-5-2-3-6(13)22-5/h2-4H,1H3,(H,18,21)/b17-4+. The molecule has 0 radical (unpaired) electrons. The third-order valence-electron chi connectivity index (χ3n) is 2.42. The van der Waals surface area contributed by atoms with Crippen LogP contribution in [0.1, 0.15) is 21.1 Å². The lowest BCUT2D eigenvalue weighted by molar-refractivity contribution is -0.141. The molecular formula is C11H7ClF4N4OS. The summed E-state index contributed by atoms with van der Waals surface area (Å²) >= 11 is 6.33. The highest BCUT2D eigenvalue weighted by Gasteiger charge is 2.39. The van der Waals surface area contributed by atoms with Crippen molar-refractivity contribution < 1.29 is 22.4 Å². The van der Waals surface area contributed by atoms with Crippen molar-refractivity contribution in [2.75, 3.05) is 0 Å². The predicted octanol–water partition coefficient (Wildman–Crippen LogP) is 3.06. The summed E-state index contributed by atoms with van der Waals surface area (Å²) < 4.78 is 51.3. The fourth-order valence-corrected chi connectivity index (χ4v) is 2.49. The first kappa shape index (κ1) is 16.4. The maximum atomic E-state index is 12.7. The van der Waals surface area contributed by atoms with Gasteiger partial charge in [-0.15, -0.1) is 11.3 Å². The number of amides is 1. The van der Waals surface area contributed by atoms with Gasteiger partial charge < -0.3 is 0 Å². The number of nitrogens with zero attached hydrogens (tertiary/aromatic N) is 3. The Kier molecular flexibility index (Phi) is 4.52. The average molecular weight is 355 g/mol. The third kappa shape index (κ3) is 3.45. The SMILES string of the molecule is Cn1nc(C(F)(F)F)c(Cl)c1C(=O)N/N=C/c1ccc(F)s1. The highest BCUT2D eigenvalue weighted by atomic mass is 35.5. The van der Waals surface area contributed by atoms with Gasteiger partial charge in [-0.05, 0) is 12.1 Å².